The minimum absolute atomic E-state index is 0.109. The quantitative estimate of drug-likeness (QED) is 0.897. The minimum atomic E-state index is -0.109. The van der Waals surface area contributed by atoms with Crippen molar-refractivity contribution in [1.82, 2.24) is 20.2 Å². The van der Waals surface area contributed by atoms with Crippen LogP contribution in [0, 0.1) is 0 Å². The van der Waals surface area contributed by atoms with Gasteiger partial charge in [0.15, 0.2) is 5.69 Å². The van der Waals surface area contributed by atoms with Gasteiger partial charge >= 0.3 is 0 Å². The first-order chi connectivity index (χ1) is 8.99. The molecule has 6 heteroatoms. The number of piperazine rings is 1. The molecule has 0 spiro atoms. The average molecular weight is 283 g/mol. The van der Waals surface area contributed by atoms with Crippen molar-refractivity contribution in [2.75, 3.05) is 19.6 Å². The molecule has 1 amide bonds. The van der Waals surface area contributed by atoms with Crippen molar-refractivity contribution in [1.29, 1.82) is 0 Å². The summed E-state index contributed by atoms with van der Waals surface area (Å²) in [6.07, 6.45) is 1.52. The number of hydrogen-bond acceptors (Lipinski definition) is 4. The first kappa shape index (κ1) is 14.2. The summed E-state index contributed by atoms with van der Waals surface area (Å²) in [6.45, 7) is 8.19. The second-order valence-electron chi connectivity index (χ2n) is 5.19. The van der Waals surface area contributed by atoms with Gasteiger partial charge in [-0.25, -0.2) is 9.97 Å². The third-order valence-corrected chi connectivity index (χ3v) is 3.41. The van der Waals surface area contributed by atoms with Crippen LogP contribution in [0.1, 0.15) is 43.0 Å². The number of halogens is 1. The van der Waals surface area contributed by atoms with Crippen LogP contribution in [-0.4, -0.2) is 46.5 Å². The predicted molar refractivity (Wildman–Crippen MR) is 74.5 cm³/mol. The van der Waals surface area contributed by atoms with Crippen molar-refractivity contribution in [2.45, 2.75) is 32.7 Å². The molecule has 104 valence electrons. The second kappa shape index (κ2) is 5.84. The van der Waals surface area contributed by atoms with Crippen LogP contribution in [0.25, 0.3) is 0 Å². The molecule has 1 aromatic heterocycles. The molecule has 5 nitrogen and oxygen atoms in total. The molecule has 0 radical (unpaired) electrons. The summed E-state index contributed by atoms with van der Waals surface area (Å²) in [5.41, 5.74) is 0.314. The van der Waals surface area contributed by atoms with E-state index in [1.807, 2.05) is 13.8 Å². The van der Waals surface area contributed by atoms with E-state index in [9.17, 15) is 4.79 Å². The van der Waals surface area contributed by atoms with E-state index in [0.29, 0.717) is 35.7 Å². The molecular formula is C13H19ClN4O. The van der Waals surface area contributed by atoms with Crippen molar-refractivity contribution in [2.24, 2.45) is 0 Å². The van der Waals surface area contributed by atoms with E-state index < -0.39 is 0 Å². The van der Waals surface area contributed by atoms with Crippen LogP contribution in [0.15, 0.2) is 6.20 Å². The van der Waals surface area contributed by atoms with Crippen LogP contribution in [0.4, 0.5) is 0 Å². The van der Waals surface area contributed by atoms with Gasteiger partial charge in [0.05, 0.1) is 11.2 Å². The van der Waals surface area contributed by atoms with Crippen molar-refractivity contribution in [3.63, 3.8) is 0 Å². The minimum Gasteiger partial charge on any atom is -0.334 e. The van der Waals surface area contributed by atoms with Gasteiger partial charge in [0, 0.05) is 31.6 Å². The standard InChI is InChI=1S/C13H19ClN4O/c1-8(2)12-16-6-10(14)11(17-12)13(19)18-5-4-15-9(3)7-18/h6,8-9,15H,4-5,7H2,1-3H3. The summed E-state index contributed by atoms with van der Waals surface area (Å²) in [5, 5.41) is 3.62. The Morgan fingerprint density at radius 3 is 2.95 bits per heavy atom. The lowest BCUT2D eigenvalue weighted by Crippen LogP contribution is -2.51. The molecule has 1 aromatic rings. The molecule has 2 rings (SSSR count). The van der Waals surface area contributed by atoms with Gasteiger partial charge in [-0.2, -0.15) is 0 Å². The van der Waals surface area contributed by atoms with E-state index in [0.717, 1.165) is 6.54 Å². The summed E-state index contributed by atoms with van der Waals surface area (Å²) in [4.78, 5) is 22.7. The maximum absolute atomic E-state index is 12.5. The van der Waals surface area contributed by atoms with Crippen molar-refractivity contribution >= 4 is 17.5 Å². The van der Waals surface area contributed by atoms with Crippen LogP contribution in [0.5, 0.6) is 0 Å². The van der Waals surface area contributed by atoms with Crippen molar-refractivity contribution in [3.05, 3.63) is 22.7 Å². The van der Waals surface area contributed by atoms with E-state index in [1.165, 1.54) is 6.20 Å². The molecule has 1 N–H and O–H groups in total. The number of rotatable bonds is 2. The largest absolute Gasteiger partial charge is 0.334 e. The molecule has 1 atom stereocenters. The second-order valence-corrected chi connectivity index (χ2v) is 5.59. The summed E-state index contributed by atoms with van der Waals surface area (Å²) in [5.74, 6) is 0.712. The zero-order chi connectivity index (χ0) is 14.0. The third kappa shape index (κ3) is 3.22. The third-order valence-electron chi connectivity index (χ3n) is 3.14. The fourth-order valence-electron chi connectivity index (χ4n) is 2.08. The molecular weight excluding hydrogens is 264 g/mol. The maximum Gasteiger partial charge on any atom is 0.274 e. The normalized spacial score (nSPS) is 19.8. The topological polar surface area (TPSA) is 58.1 Å². The van der Waals surface area contributed by atoms with Gasteiger partial charge < -0.3 is 10.2 Å². The van der Waals surface area contributed by atoms with E-state index in [4.69, 9.17) is 11.6 Å². The molecule has 1 aliphatic heterocycles. The summed E-state index contributed by atoms with van der Waals surface area (Å²) < 4.78 is 0. The number of carbonyl (C=O) groups is 1. The number of carbonyl (C=O) groups excluding carboxylic acids is 1. The zero-order valence-electron chi connectivity index (χ0n) is 11.5. The molecule has 1 aliphatic rings. The lowest BCUT2D eigenvalue weighted by Gasteiger charge is -2.31. The highest BCUT2D eigenvalue weighted by atomic mass is 35.5. The Morgan fingerprint density at radius 1 is 1.58 bits per heavy atom. The SMILES string of the molecule is CC1CN(C(=O)c2nc(C(C)C)ncc2Cl)CCN1. The lowest BCUT2D eigenvalue weighted by atomic mass is 10.2. The van der Waals surface area contributed by atoms with Gasteiger partial charge in [0.2, 0.25) is 0 Å². The first-order valence-electron chi connectivity index (χ1n) is 6.54. The van der Waals surface area contributed by atoms with Gasteiger partial charge in [0.25, 0.3) is 5.91 Å². The molecule has 1 fully saturated rings. The Labute approximate surface area is 118 Å². The summed E-state index contributed by atoms with van der Waals surface area (Å²) in [6, 6.07) is 0.294. The highest BCUT2D eigenvalue weighted by molar-refractivity contribution is 6.33. The summed E-state index contributed by atoms with van der Waals surface area (Å²) in [7, 11) is 0. The first-order valence-corrected chi connectivity index (χ1v) is 6.92. The van der Waals surface area contributed by atoms with Crippen molar-refractivity contribution < 1.29 is 4.79 Å². The number of aromatic nitrogens is 2. The van der Waals surface area contributed by atoms with Crippen LogP contribution in [-0.2, 0) is 0 Å². The van der Waals surface area contributed by atoms with Crippen LogP contribution < -0.4 is 5.32 Å². The van der Waals surface area contributed by atoms with E-state index in [1.54, 1.807) is 4.90 Å². The Morgan fingerprint density at radius 2 is 2.32 bits per heavy atom. The predicted octanol–water partition coefficient (Wildman–Crippen LogP) is 1.69. The maximum atomic E-state index is 12.5. The molecule has 0 bridgehead atoms. The number of nitrogens with one attached hydrogen (secondary N) is 1. The van der Waals surface area contributed by atoms with Crippen LogP contribution in [0.3, 0.4) is 0 Å². The van der Waals surface area contributed by atoms with E-state index in [-0.39, 0.29) is 11.8 Å². The van der Waals surface area contributed by atoms with Gasteiger partial charge in [-0.15, -0.1) is 0 Å². The summed E-state index contributed by atoms with van der Waals surface area (Å²) >= 11 is 6.06. The zero-order valence-corrected chi connectivity index (χ0v) is 12.2. The fraction of sp³-hybridized carbons (Fsp3) is 0.615. The lowest BCUT2D eigenvalue weighted by molar-refractivity contribution is 0.0702. The Kier molecular flexibility index (Phi) is 4.37. The highest BCUT2D eigenvalue weighted by Crippen LogP contribution is 2.18. The van der Waals surface area contributed by atoms with Gasteiger partial charge in [0.1, 0.15) is 5.82 Å². The molecule has 1 unspecified atom stereocenters. The fourth-order valence-corrected chi connectivity index (χ4v) is 2.25. The molecule has 0 saturated carbocycles. The van der Waals surface area contributed by atoms with E-state index >= 15 is 0 Å². The van der Waals surface area contributed by atoms with Crippen LogP contribution in [0.2, 0.25) is 5.02 Å². The average Bonchev–Trinajstić information content (AvgIpc) is 2.38. The Bertz CT molecular complexity index is 478. The molecule has 2 heterocycles. The highest BCUT2D eigenvalue weighted by Gasteiger charge is 2.25. The molecule has 0 aliphatic carbocycles. The number of hydrogen-bond donors (Lipinski definition) is 1. The molecule has 1 saturated heterocycles. The van der Waals surface area contributed by atoms with Crippen LogP contribution >= 0.6 is 11.6 Å². The number of nitrogens with zero attached hydrogens (tertiary/aromatic N) is 3. The number of amides is 1. The monoisotopic (exact) mass is 282 g/mol. The van der Waals surface area contributed by atoms with Gasteiger partial charge in [-0.05, 0) is 6.92 Å². The van der Waals surface area contributed by atoms with Crippen molar-refractivity contribution in [3.8, 4) is 0 Å². The molecule has 19 heavy (non-hydrogen) atoms. The molecule has 0 aromatic carbocycles. The van der Waals surface area contributed by atoms with Gasteiger partial charge in [-0.1, -0.05) is 25.4 Å². The Hall–Kier alpha value is -1.20. The Balaban J connectivity index is 2.24. The smallest absolute Gasteiger partial charge is 0.274 e. The van der Waals surface area contributed by atoms with Gasteiger partial charge in [-0.3, -0.25) is 4.79 Å². The van der Waals surface area contributed by atoms with E-state index in [2.05, 4.69) is 22.2 Å².